The number of nitrogens with one attached hydrogen (secondary N) is 1. The molecule has 1 rings (SSSR count). The van der Waals surface area contributed by atoms with Crippen LogP contribution < -0.4 is 11.1 Å². The van der Waals surface area contributed by atoms with E-state index in [2.05, 4.69) is 5.32 Å². The fourth-order valence-corrected chi connectivity index (χ4v) is 1.67. The maximum absolute atomic E-state index is 10.8. The lowest BCUT2D eigenvalue weighted by Crippen LogP contribution is -2.37. The molecule has 70 valence electrons. The van der Waals surface area contributed by atoms with E-state index in [0.29, 0.717) is 6.04 Å². The van der Waals surface area contributed by atoms with E-state index in [9.17, 15) is 4.79 Å². The van der Waals surface area contributed by atoms with Gasteiger partial charge in [-0.2, -0.15) is 0 Å². The number of hydrogen-bond donors (Lipinski definition) is 2. The van der Waals surface area contributed by atoms with Gasteiger partial charge in [-0.25, -0.2) is 0 Å². The van der Waals surface area contributed by atoms with E-state index in [1.165, 1.54) is 19.3 Å². The Hall–Kier alpha value is -0.570. The van der Waals surface area contributed by atoms with E-state index in [0.717, 1.165) is 13.0 Å². The first kappa shape index (κ1) is 9.52. The summed E-state index contributed by atoms with van der Waals surface area (Å²) in [7, 11) is 0. The molecule has 0 aromatic carbocycles. The highest BCUT2D eigenvalue weighted by Gasteiger charge is 2.18. The van der Waals surface area contributed by atoms with Crippen LogP contribution in [-0.4, -0.2) is 18.5 Å². The van der Waals surface area contributed by atoms with Crippen LogP contribution in [0.3, 0.4) is 0 Å². The second-order valence-corrected chi connectivity index (χ2v) is 3.69. The Morgan fingerprint density at radius 2 is 2.42 bits per heavy atom. The molecule has 12 heavy (non-hydrogen) atoms. The highest BCUT2D eigenvalue weighted by atomic mass is 16.1. The molecule has 0 spiro atoms. The zero-order chi connectivity index (χ0) is 8.97. The summed E-state index contributed by atoms with van der Waals surface area (Å²) in [5.74, 6) is -0.164. The van der Waals surface area contributed by atoms with Crippen molar-refractivity contribution in [1.29, 1.82) is 0 Å². The maximum atomic E-state index is 10.8. The second-order valence-electron chi connectivity index (χ2n) is 3.69. The second kappa shape index (κ2) is 4.45. The first-order valence-corrected chi connectivity index (χ1v) is 4.73. The molecular formula is C9H18N2O. The quantitative estimate of drug-likeness (QED) is 0.653. The van der Waals surface area contributed by atoms with Gasteiger partial charge in [-0.05, 0) is 25.8 Å². The third kappa shape index (κ3) is 2.81. The molecule has 0 saturated carbocycles. The summed E-state index contributed by atoms with van der Waals surface area (Å²) in [6.07, 6.45) is 4.64. The molecule has 1 fully saturated rings. The lowest BCUT2D eigenvalue weighted by molar-refractivity contribution is -0.121. The third-order valence-corrected chi connectivity index (χ3v) is 2.54. The minimum absolute atomic E-state index is 0.0144. The van der Waals surface area contributed by atoms with Gasteiger partial charge in [-0.1, -0.05) is 13.3 Å². The smallest absolute Gasteiger partial charge is 0.220 e. The number of carbonyl (C=O) groups excluding carboxylic acids is 1. The Morgan fingerprint density at radius 3 is 2.92 bits per heavy atom. The summed E-state index contributed by atoms with van der Waals surface area (Å²) in [4.78, 5) is 10.8. The van der Waals surface area contributed by atoms with E-state index in [-0.39, 0.29) is 11.8 Å². The van der Waals surface area contributed by atoms with Crippen molar-refractivity contribution < 1.29 is 4.79 Å². The first-order valence-electron chi connectivity index (χ1n) is 4.73. The highest BCUT2D eigenvalue weighted by molar-refractivity contribution is 5.76. The van der Waals surface area contributed by atoms with Gasteiger partial charge in [-0.3, -0.25) is 4.79 Å². The molecule has 1 aliphatic rings. The Labute approximate surface area is 73.7 Å². The Bertz CT molecular complexity index is 153. The van der Waals surface area contributed by atoms with Gasteiger partial charge in [0.25, 0.3) is 0 Å². The van der Waals surface area contributed by atoms with Crippen molar-refractivity contribution in [3.63, 3.8) is 0 Å². The van der Waals surface area contributed by atoms with Crippen molar-refractivity contribution in [2.24, 2.45) is 11.7 Å². The van der Waals surface area contributed by atoms with Gasteiger partial charge in [0.15, 0.2) is 0 Å². The van der Waals surface area contributed by atoms with Gasteiger partial charge in [0.1, 0.15) is 0 Å². The number of carbonyl (C=O) groups is 1. The van der Waals surface area contributed by atoms with Gasteiger partial charge in [-0.15, -0.1) is 0 Å². The molecule has 2 atom stereocenters. The first-order chi connectivity index (χ1) is 5.70. The fourth-order valence-electron chi connectivity index (χ4n) is 1.67. The van der Waals surface area contributed by atoms with Crippen LogP contribution in [-0.2, 0) is 4.79 Å². The summed E-state index contributed by atoms with van der Waals surface area (Å²) in [5, 5.41) is 3.40. The number of hydrogen-bond acceptors (Lipinski definition) is 2. The molecule has 0 aromatic rings. The van der Waals surface area contributed by atoms with Crippen LogP contribution in [0.25, 0.3) is 0 Å². The SMILES string of the molecule is C[C@H](C[C@H]1CCCCN1)C(N)=O. The number of primary amides is 1. The summed E-state index contributed by atoms with van der Waals surface area (Å²) in [6, 6.07) is 0.515. The molecule has 1 saturated heterocycles. The topological polar surface area (TPSA) is 55.1 Å². The zero-order valence-corrected chi connectivity index (χ0v) is 7.68. The van der Waals surface area contributed by atoms with Crippen LogP contribution in [0.5, 0.6) is 0 Å². The standard InChI is InChI=1S/C9H18N2O/c1-7(9(10)12)6-8-4-2-3-5-11-8/h7-8,11H,2-6H2,1H3,(H2,10,12)/t7-,8-/m1/s1. The predicted molar refractivity (Wildman–Crippen MR) is 48.6 cm³/mol. The molecule has 1 amide bonds. The van der Waals surface area contributed by atoms with Crippen molar-refractivity contribution in [3.05, 3.63) is 0 Å². The Balaban J connectivity index is 2.24. The van der Waals surface area contributed by atoms with Crippen molar-refractivity contribution in [2.75, 3.05) is 6.54 Å². The summed E-state index contributed by atoms with van der Waals surface area (Å²) >= 11 is 0. The highest BCUT2D eigenvalue weighted by Crippen LogP contribution is 2.14. The number of rotatable bonds is 3. The van der Waals surface area contributed by atoms with E-state index in [4.69, 9.17) is 5.73 Å². The average molecular weight is 170 g/mol. The zero-order valence-electron chi connectivity index (χ0n) is 7.68. The summed E-state index contributed by atoms with van der Waals surface area (Å²) in [5.41, 5.74) is 5.19. The van der Waals surface area contributed by atoms with Crippen LogP contribution in [0.4, 0.5) is 0 Å². The van der Waals surface area contributed by atoms with E-state index >= 15 is 0 Å². The number of amides is 1. The van der Waals surface area contributed by atoms with Crippen molar-refractivity contribution >= 4 is 5.91 Å². The van der Waals surface area contributed by atoms with Crippen LogP contribution in [0.2, 0.25) is 0 Å². The van der Waals surface area contributed by atoms with Gasteiger partial charge in [0.05, 0.1) is 0 Å². The van der Waals surface area contributed by atoms with Crippen LogP contribution in [0.1, 0.15) is 32.6 Å². The normalized spacial score (nSPS) is 26.6. The van der Waals surface area contributed by atoms with Crippen molar-refractivity contribution in [3.8, 4) is 0 Å². The predicted octanol–water partition coefficient (Wildman–Crippen LogP) is 0.640. The number of piperidine rings is 1. The fraction of sp³-hybridized carbons (Fsp3) is 0.889. The molecule has 1 aliphatic heterocycles. The molecule has 3 nitrogen and oxygen atoms in total. The van der Waals surface area contributed by atoms with E-state index in [1.807, 2.05) is 6.92 Å². The van der Waals surface area contributed by atoms with E-state index in [1.54, 1.807) is 0 Å². The van der Waals surface area contributed by atoms with Gasteiger partial charge in [0, 0.05) is 12.0 Å². The summed E-state index contributed by atoms with van der Waals surface area (Å²) < 4.78 is 0. The van der Waals surface area contributed by atoms with Crippen LogP contribution in [0.15, 0.2) is 0 Å². The van der Waals surface area contributed by atoms with Gasteiger partial charge >= 0.3 is 0 Å². The lowest BCUT2D eigenvalue weighted by Gasteiger charge is -2.24. The third-order valence-electron chi connectivity index (χ3n) is 2.54. The minimum Gasteiger partial charge on any atom is -0.369 e. The van der Waals surface area contributed by atoms with Crippen molar-refractivity contribution in [1.82, 2.24) is 5.32 Å². The van der Waals surface area contributed by atoms with Crippen LogP contribution >= 0.6 is 0 Å². The van der Waals surface area contributed by atoms with Crippen LogP contribution in [0, 0.1) is 5.92 Å². The molecule has 3 N–H and O–H groups in total. The molecule has 0 unspecified atom stereocenters. The molecule has 0 aromatic heterocycles. The van der Waals surface area contributed by atoms with E-state index < -0.39 is 0 Å². The number of nitrogens with two attached hydrogens (primary N) is 1. The maximum Gasteiger partial charge on any atom is 0.220 e. The molecular weight excluding hydrogens is 152 g/mol. The van der Waals surface area contributed by atoms with Crippen molar-refractivity contribution in [2.45, 2.75) is 38.6 Å². The minimum atomic E-state index is -0.178. The Morgan fingerprint density at radius 1 is 1.67 bits per heavy atom. The molecule has 0 bridgehead atoms. The lowest BCUT2D eigenvalue weighted by atomic mass is 9.95. The monoisotopic (exact) mass is 170 g/mol. The molecule has 0 radical (unpaired) electrons. The molecule has 0 aliphatic carbocycles. The average Bonchev–Trinajstić information content (AvgIpc) is 2.06. The van der Waals surface area contributed by atoms with Gasteiger partial charge in [0.2, 0.25) is 5.91 Å². The molecule has 1 heterocycles. The Kier molecular flexibility index (Phi) is 3.53. The molecule has 3 heteroatoms. The van der Waals surface area contributed by atoms with Gasteiger partial charge < -0.3 is 11.1 Å². The largest absolute Gasteiger partial charge is 0.369 e. The summed E-state index contributed by atoms with van der Waals surface area (Å²) in [6.45, 7) is 2.99.